The number of morpholine rings is 1. The summed E-state index contributed by atoms with van der Waals surface area (Å²) in [6, 6.07) is 22.4. The van der Waals surface area contributed by atoms with Gasteiger partial charge in [-0.05, 0) is 37.3 Å². The molecule has 1 aliphatic heterocycles. The number of nitrogens with one attached hydrogen (secondary N) is 2. The van der Waals surface area contributed by atoms with Gasteiger partial charge in [0.25, 0.3) is 5.69 Å². The Kier molecular flexibility index (Phi) is 8.24. The predicted octanol–water partition coefficient (Wildman–Crippen LogP) is 5.27. The van der Waals surface area contributed by atoms with Crippen molar-refractivity contribution in [1.29, 1.82) is 0 Å². The van der Waals surface area contributed by atoms with Crippen LogP contribution < -0.4 is 15.6 Å². The number of hydrogen-bond acceptors (Lipinski definition) is 11. The first kappa shape index (κ1) is 26.1. The SMILES string of the molecule is Cc1ccc(Sc2ccc(/C=N/Nc3nc(Nc4ccccc4)nc(N4CCOCC4)n3)cc2[N+](=O)[O-])cc1. The molecule has 0 radical (unpaired) electrons. The third-order valence-corrected chi connectivity index (χ3v) is 6.83. The van der Waals surface area contributed by atoms with Crippen LogP contribution in [0.15, 0.2) is 87.7 Å². The Morgan fingerprint density at radius 2 is 1.74 bits per heavy atom. The molecule has 1 saturated heterocycles. The fraction of sp³-hybridized carbons (Fsp3) is 0.185. The molecule has 0 aliphatic carbocycles. The molecule has 0 saturated carbocycles. The lowest BCUT2D eigenvalue weighted by atomic mass is 10.2. The van der Waals surface area contributed by atoms with E-state index in [1.807, 2.05) is 66.4 Å². The summed E-state index contributed by atoms with van der Waals surface area (Å²) in [7, 11) is 0. The summed E-state index contributed by atoms with van der Waals surface area (Å²) in [5, 5.41) is 19.2. The van der Waals surface area contributed by atoms with E-state index >= 15 is 0 Å². The highest BCUT2D eigenvalue weighted by atomic mass is 32.2. The van der Waals surface area contributed by atoms with E-state index in [9.17, 15) is 10.1 Å². The normalized spacial score (nSPS) is 13.4. The summed E-state index contributed by atoms with van der Waals surface area (Å²) >= 11 is 1.35. The lowest BCUT2D eigenvalue weighted by Crippen LogP contribution is -2.37. The molecule has 1 fully saturated rings. The molecule has 3 aromatic carbocycles. The monoisotopic (exact) mass is 542 g/mol. The average Bonchev–Trinajstić information content (AvgIpc) is 2.96. The van der Waals surface area contributed by atoms with E-state index in [2.05, 4.69) is 30.8 Å². The number of hydrogen-bond donors (Lipinski definition) is 2. The zero-order chi connectivity index (χ0) is 27.0. The van der Waals surface area contributed by atoms with Gasteiger partial charge in [-0.25, -0.2) is 5.43 Å². The fourth-order valence-electron chi connectivity index (χ4n) is 3.77. The zero-order valence-electron chi connectivity index (χ0n) is 21.2. The largest absolute Gasteiger partial charge is 0.378 e. The molecule has 0 unspecified atom stereocenters. The number of nitrogens with zero attached hydrogens (tertiary/aromatic N) is 6. The molecule has 0 atom stereocenters. The van der Waals surface area contributed by atoms with Crippen LogP contribution in [0.4, 0.5) is 29.2 Å². The van der Waals surface area contributed by atoms with Crippen LogP contribution in [0.25, 0.3) is 0 Å². The molecule has 0 spiro atoms. The Labute approximate surface area is 229 Å². The zero-order valence-corrected chi connectivity index (χ0v) is 22.0. The summed E-state index contributed by atoms with van der Waals surface area (Å²) in [4.78, 5) is 28.4. The van der Waals surface area contributed by atoms with Crippen molar-refractivity contribution in [2.24, 2.45) is 5.10 Å². The van der Waals surface area contributed by atoms with Crippen molar-refractivity contribution < 1.29 is 9.66 Å². The molecule has 12 heteroatoms. The molecule has 11 nitrogen and oxygen atoms in total. The third kappa shape index (κ3) is 7.06. The van der Waals surface area contributed by atoms with Crippen LogP contribution in [-0.4, -0.2) is 52.4 Å². The molecule has 2 heterocycles. The quantitative estimate of drug-likeness (QED) is 0.164. The molecular formula is C27H26N8O3S. The topological polar surface area (TPSA) is 131 Å². The van der Waals surface area contributed by atoms with Crippen molar-refractivity contribution in [2.45, 2.75) is 16.7 Å². The Hall–Kier alpha value is -4.55. The second-order valence-electron chi connectivity index (χ2n) is 8.64. The second-order valence-corrected chi connectivity index (χ2v) is 9.76. The maximum Gasteiger partial charge on any atom is 0.283 e. The van der Waals surface area contributed by atoms with E-state index in [-0.39, 0.29) is 16.6 Å². The van der Waals surface area contributed by atoms with E-state index in [1.54, 1.807) is 12.1 Å². The van der Waals surface area contributed by atoms with Gasteiger partial charge in [0, 0.05) is 35.3 Å². The Balaban J connectivity index is 1.34. The summed E-state index contributed by atoms with van der Waals surface area (Å²) in [5.74, 6) is 1.10. The summed E-state index contributed by atoms with van der Waals surface area (Å²) in [5.41, 5.74) is 5.38. The van der Waals surface area contributed by atoms with E-state index in [1.165, 1.54) is 24.0 Å². The molecule has 5 rings (SSSR count). The van der Waals surface area contributed by atoms with Crippen LogP contribution >= 0.6 is 11.8 Å². The highest BCUT2D eigenvalue weighted by Crippen LogP contribution is 2.35. The van der Waals surface area contributed by atoms with Gasteiger partial charge in [-0.1, -0.05) is 53.7 Å². The van der Waals surface area contributed by atoms with Gasteiger partial charge in [-0.3, -0.25) is 10.1 Å². The van der Waals surface area contributed by atoms with Gasteiger partial charge in [0.1, 0.15) is 0 Å². The van der Waals surface area contributed by atoms with E-state index in [0.717, 1.165) is 16.1 Å². The summed E-state index contributed by atoms with van der Waals surface area (Å²) in [6.07, 6.45) is 1.50. The summed E-state index contributed by atoms with van der Waals surface area (Å²) < 4.78 is 5.45. The van der Waals surface area contributed by atoms with Gasteiger partial charge in [0.05, 0.1) is 29.2 Å². The number of benzene rings is 3. The molecule has 39 heavy (non-hydrogen) atoms. The molecule has 1 aromatic heterocycles. The van der Waals surface area contributed by atoms with Crippen LogP contribution in [0.1, 0.15) is 11.1 Å². The lowest BCUT2D eigenvalue weighted by molar-refractivity contribution is -0.387. The van der Waals surface area contributed by atoms with Crippen molar-refractivity contribution in [3.63, 3.8) is 0 Å². The predicted molar refractivity (Wildman–Crippen MR) is 152 cm³/mol. The minimum atomic E-state index is -0.386. The van der Waals surface area contributed by atoms with Crippen LogP contribution in [0.2, 0.25) is 0 Å². The first-order valence-electron chi connectivity index (χ1n) is 12.3. The van der Waals surface area contributed by atoms with E-state index in [4.69, 9.17) is 4.74 Å². The van der Waals surface area contributed by atoms with Gasteiger partial charge in [-0.2, -0.15) is 20.1 Å². The van der Waals surface area contributed by atoms with Crippen molar-refractivity contribution in [1.82, 2.24) is 15.0 Å². The number of rotatable bonds is 9. The van der Waals surface area contributed by atoms with Crippen LogP contribution in [0, 0.1) is 17.0 Å². The maximum absolute atomic E-state index is 11.8. The smallest absolute Gasteiger partial charge is 0.283 e. The van der Waals surface area contributed by atoms with Crippen molar-refractivity contribution in [2.75, 3.05) is 41.9 Å². The number of para-hydroxylation sites is 1. The molecular weight excluding hydrogens is 516 g/mol. The van der Waals surface area contributed by atoms with Crippen molar-refractivity contribution in [3.05, 3.63) is 94.0 Å². The van der Waals surface area contributed by atoms with E-state index in [0.29, 0.717) is 48.7 Å². The van der Waals surface area contributed by atoms with Crippen LogP contribution in [0.3, 0.4) is 0 Å². The number of anilines is 4. The maximum atomic E-state index is 11.8. The Bertz CT molecular complexity index is 1460. The summed E-state index contributed by atoms with van der Waals surface area (Å²) in [6.45, 7) is 4.50. The highest BCUT2D eigenvalue weighted by molar-refractivity contribution is 7.99. The van der Waals surface area contributed by atoms with Gasteiger partial charge in [0.2, 0.25) is 17.8 Å². The standard InChI is InChI=1S/C27H26N8O3S/c1-19-7-10-22(11-8-19)39-24-12-9-20(17-23(24)35(36)37)18-28-33-26-30-25(29-21-5-3-2-4-6-21)31-27(32-26)34-13-15-38-16-14-34/h2-12,17-18H,13-16H2,1H3,(H2,29,30,31,32,33)/b28-18+. The first-order chi connectivity index (χ1) is 19.0. The molecule has 2 N–H and O–H groups in total. The highest BCUT2D eigenvalue weighted by Gasteiger charge is 2.18. The minimum absolute atomic E-state index is 0.00800. The van der Waals surface area contributed by atoms with Crippen molar-refractivity contribution >= 4 is 47.2 Å². The van der Waals surface area contributed by atoms with Gasteiger partial charge < -0.3 is 15.0 Å². The number of aryl methyl sites for hydroxylation is 1. The van der Waals surface area contributed by atoms with Gasteiger partial charge >= 0.3 is 0 Å². The van der Waals surface area contributed by atoms with Gasteiger partial charge in [0.15, 0.2) is 0 Å². The first-order valence-corrected chi connectivity index (χ1v) is 13.1. The van der Waals surface area contributed by atoms with Crippen molar-refractivity contribution in [3.8, 4) is 0 Å². The lowest BCUT2D eigenvalue weighted by Gasteiger charge is -2.27. The number of ether oxygens (including phenoxy) is 1. The molecule has 1 aliphatic rings. The molecule has 0 amide bonds. The average molecular weight is 543 g/mol. The third-order valence-electron chi connectivity index (χ3n) is 5.75. The second kappa shape index (κ2) is 12.3. The molecule has 198 valence electrons. The minimum Gasteiger partial charge on any atom is -0.378 e. The van der Waals surface area contributed by atoms with Crippen LogP contribution in [0.5, 0.6) is 0 Å². The van der Waals surface area contributed by atoms with E-state index < -0.39 is 0 Å². The fourth-order valence-corrected chi connectivity index (χ4v) is 4.67. The number of nitro benzene ring substituents is 1. The molecule has 4 aromatic rings. The van der Waals surface area contributed by atoms with Gasteiger partial charge in [-0.15, -0.1) is 0 Å². The number of nitro groups is 1. The number of hydrazone groups is 1. The number of aromatic nitrogens is 3. The molecule has 0 bridgehead atoms. The Morgan fingerprint density at radius 3 is 2.49 bits per heavy atom. The van der Waals surface area contributed by atoms with Crippen LogP contribution in [-0.2, 0) is 4.74 Å². The Morgan fingerprint density at radius 1 is 1.00 bits per heavy atom.